The van der Waals surface area contributed by atoms with Crippen LogP contribution in [-0.4, -0.2) is 16.2 Å². The zero-order valence-corrected chi connectivity index (χ0v) is 10.6. The second kappa shape index (κ2) is 6.01. The van der Waals surface area contributed by atoms with Crippen LogP contribution in [0.2, 0.25) is 0 Å². The maximum atomic E-state index is 10.6. The number of phenolic OH excluding ortho intramolecular Hbond substituents is 1. The highest BCUT2D eigenvalue weighted by Crippen LogP contribution is 2.24. The molecule has 0 aliphatic heterocycles. The molecule has 0 aromatic heterocycles. The molecule has 1 N–H and O–H groups in total. The number of hydrogen-bond donors (Lipinski definition) is 1. The van der Waals surface area contributed by atoms with Gasteiger partial charge in [-0.25, -0.2) is 4.40 Å². The molecule has 0 spiro atoms. The average Bonchev–Trinajstić information content (AvgIpc) is 2.41. The van der Waals surface area contributed by atoms with E-state index in [9.17, 15) is 15.2 Å². The SMILES string of the molecule is O=[N+]([O-])c1cccc(SN=Cc2ccccc2O)c1. The van der Waals surface area contributed by atoms with Gasteiger partial charge in [0, 0.05) is 40.8 Å². The van der Waals surface area contributed by atoms with Gasteiger partial charge in [-0.05, 0) is 18.2 Å². The van der Waals surface area contributed by atoms with E-state index in [-0.39, 0.29) is 11.4 Å². The zero-order chi connectivity index (χ0) is 13.7. The minimum absolute atomic E-state index is 0.0303. The Morgan fingerprint density at radius 3 is 2.74 bits per heavy atom. The van der Waals surface area contributed by atoms with Crippen LogP contribution < -0.4 is 0 Å². The molecule has 0 atom stereocenters. The third kappa shape index (κ3) is 3.56. The molecule has 96 valence electrons. The van der Waals surface area contributed by atoms with Crippen LogP contribution in [0.15, 0.2) is 57.8 Å². The number of non-ortho nitro benzene ring substituents is 1. The molecular weight excluding hydrogens is 264 g/mol. The molecular formula is C13H10N2O3S. The minimum atomic E-state index is -0.448. The first kappa shape index (κ1) is 13.1. The predicted octanol–water partition coefficient (Wildman–Crippen LogP) is 3.43. The molecule has 2 aromatic carbocycles. The molecule has 6 heteroatoms. The molecule has 0 heterocycles. The van der Waals surface area contributed by atoms with E-state index in [1.54, 1.807) is 36.4 Å². The number of nitrogens with zero attached hydrogens (tertiary/aromatic N) is 2. The van der Waals surface area contributed by atoms with Crippen LogP contribution in [0.1, 0.15) is 5.56 Å². The summed E-state index contributed by atoms with van der Waals surface area (Å²) in [6, 6.07) is 13.0. The molecule has 0 bridgehead atoms. The van der Waals surface area contributed by atoms with Gasteiger partial charge in [-0.3, -0.25) is 10.1 Å². The number of hydrogen-bond acceptors (Lipinski definition) is 5. The van der Waals surface area contributed by atoms with E-state index >= 15 is 0 Å². The van der Waals surface area contributed by atoms with Gasteiger partial charge in [0.1, 0.15) is 5.75 Å². The number of aromatic hydroxyl groups is 1. The lowest BCUT2D eigenvalue weighted by Gasteiger charge is -1.97. The fraction of sp³-hybridized carbons (Fsp3) is 0. The van der Waals surface area contributed by atoms with Gasteiger partial charge in [-0.1, -0.05) is 18.2 Å². The van der Waals surface area contributed by atoms with Crippen LogP contribution in [0.4, 0.5) is 5.69 Å². The fourth-order valence-electron chi connectivity index (χ4n) is 1.39. The third-order valence-electron chi connectivity index (χ3n) is 2.32. The largest absolute Gasteiger partial charge is 0.507 e. The highest BCUT2D eigenvalue weighted by Gasteiger charge is 2.05. The van der Waals surface area contributed by atoms with Gasteiger partial charge in [0.15, 0.2) is 0 Å². The first-order valence-electron chi connectivity index (χ1n) is 5.39. The van der Waals surface area contributed by atoms with E-state index in [4.69, 9.17) is 0 Å². The Hall–Kier alpha value is -2.34. The maximum Gasteiger partial charge on any atom is 0.270 e. The van der Waals surface area contributed by atoms with E-state index in [0.29, 0.717) is 10.5 Å². The Morgan fingerprint density at radius 2 is 2.00 bits per heavy atom. The van der Waals surface area contributed by atoms with E-state index in [2.05, 4.69) is 4.40 Å². The van der Waals surface area contributed by atoms with Crippen LogP contribution in [0.5, 0.6) is 5.75 Å². The molecule has 0 saturated heterocycles. The molecule has 19 heavy (non-hydrogen) atoms. The van der Waals surface area contributed by atoms with Crippen molar-refractivity contribution in [2.45, 2.75) is 4.90 Å². The molecule has 0 unspecified atom stereocenters. The van der Waals surface area contributed by atoms with Gasteiger partial charge in [0.05, 0.1) is 4.92 Å². The summed E-state index contributed by atoms with van der Waals surface area (Å²) in [5, 5.41) is 20.2. The summed E-state index contributed by atoms with van der Waals surface area (Å²) >= 11 is 1.11. The van der Waals surface area contributed by atoms with Gasteiger partial charge in [0.25, 0.3) is 5.69 Å². The number of phenols is 1. The van der Waals surface area contributed by atoms with Crippen LogP contribution in [0.25, 0.3) is 0 Å². The average molecular weight is 274 g/mol. The predicted molar refractivity (Wildman–Crippen MR) is 74.7 cm³/mol. The third-order valence-corrected chi connectivity index (χ3v) is 2.99. The first-order chi connectivity index (χ1) is 9.16. The monoisotopic (exact) mass is 274 g/mol. The highest BCUT2D eigenvalue weighted by atomic mass is 32.2. The van der Waals surface area contributed by atoms with Crippen molar-refractivity contribution in [3.05, 3.63) is 64.2 Å². The number of rotatable bonds is 4. The summed E-state index contributed by atoms with van der Waals surface area (Å²) in [6.07, 6.45) is 1.51. The van der Waals surface area contributed by atoms with Gasteiger partial charge >= 0.3 is 0 Å². The highest BCUT2D eigenvalue weighted by molar-refractivity contribution is 7.98. The number of para-hydroxylation sites is 1. The Kier molecular flexibility index (Phi) is 4.15. The number of nitro benzene ring substituents is 1. The lowest BCUT2D eigenvalue weighted by molar-refractivity contribution is -0.385. The van der Waals surface area contributed by atoms with Crippen molar-refractivity contribution in [3.63, 3.8) is 0 Å². The van der Waals surface area contributed by atoms with Crippen molar-refractivity contribution in [1.82, 2.24) is 0 Å². The number of nitro groups is 1. The van der Waals surface area contributed by atoms with Gasteiger partial charge in [-0.2, -0.15) is 0 Å². The van der Waals surface area contributed by atoms with Crippen molar-refractivity contribution >= 4 is 23.8 Å². The molecule has 5 nitrogen and oxygen atoms in total. The summed E-state index contributed by atoms with van der Waals surface area (Å²) in [6.45, 7) is 0. The topological polar surface area (TPSA) is 75.7 Å². The molecule has 0 saturated carbocycles. The molecule has 2 rings (SSSR count). The van der Waals surface area contributed by atoms with Crippen molar-refractivity contribution in [2.24, 2.45) is 4.40 Å². The standard InChI is InChI=1S/C13H10N2O3S/c16-13-7-2-1-4-10(13)9-14-19-12-6-3-5-11(8-12)15(17)18/h1-9,16H. The lowest BCUT2D eigenvalue weighted by Crippen LogP contribution is -1.86. The Balaban J connectivity index is 2.09. The van der Waals surface area contributed by atoms with Crippen LogP contribution in [-0.2, 0) is 0 Å². The van der Waals surface area contributed by atoms with Crippen molar-refractivity contribution < 1.29 is 10.0 Å². The number of benzene rings is 2. The normalized spacial score (nSPS) is 10.7. The van der Waals surface area contributed by atoms with Crippen LogP contribution >= 0.6 is 11.9 Å². The Bertz CT molecular complexity index is 629. The van der Waals surface area contributed by atoms with Crippen molar-refractivity contribution in [2.75, 3.05) is 0 Å². The summed E-state index contributed by atoms with van der Waals surface area (Å²) in [7, 11) is 0. The quantitative estimate of drug-likeness (QED) is 0.401. The first-order valence-corrected chi connectivity index (χ1v) is 6.17. The van der Waals surface area contributed by atoms with Gasteiger partial charge < -0.3 is 5.11 Å². The molecule has 0 aliphatic rings. The van der Waals surface area contributed by atoms with Crippen molar-refractivity contribution in [3.8, 4) is 5.75 Å². The summed E-state index contributed by atoms with van der Waals surface area (Å²) in [5.74, 6) is 0.144. The Morgan fingerprint density at radius 1 is 1.21 bits per heavy atom. The van der Waals surface area contributed by atoms with Gasteiger partial charge in [-0.15, -0.1) is 0 Å². The Labute approximate surface area is 113 Å². The van der Waals surface area contributed by atoms with E-state index in [1.807, 2.05) is 0 Å². The van der Waals surface area contributed by atoms with E-state index in [0.717, 1.165) is 11.9 Å². The molecule has 0 aliphatic carbocycles. The van der Waals surface area contributed by atoms with Crippen LogP contribution in [0.3, 0.4) is 0 Å². The van der Waals surface area contributed by atoms with Crippen molar-refractivity contribution in [1.29, 1.82) is 0 Å². The second-order valence-corrected chi connectivity index (χ2v) is 4.50. The minimum Gasteiger partial charge on any atom is -0.507 e. The van der Waals surface area contributed by atoms with E-state index < -0.39 is 4.92 Å². The van der Waals surface area contributed by atoms with Gasteiger partial charge in [0.2, 0.25) is 0 Å². The maximum absolute atomic E-state index is 10.6. The van der Waals surface area contributed by atoms with E-state index in [1.165, 1.54) is 18.3 Å². The molecule has 0 fully saturated rings. The van der Waals surface area contributed by atoms with Crippen LogP contribution in [0, 0.1) is 10.1 Å². The zero-order valence-electron chi connectivity index (χ0n) is 9.76. The summed E-state index contributed by atoms with van der Waals surface area (Å²) in [4.78, 5) is 10.8. The molecule has 0 amide bonds. The lowest BCUT2D eigenvalue weighted by atomic mass is 10.2. The summed E-state index contributed by atoms with van der Waals surface area (Å²) < 4.78 is 4.08. The summed E-state index contributed by atoms with van der Waals surface area (Å²) in [5.41, 5.74) is 0.628. The molecule has 0 radical (unpaired) electrons. The second-order valence-electron chi connectivity index (χ2n) is 3.64. The fourth-order valence-corrected chi connectivity index (χ4v) is 2.00. The smallest absolute Gasteiger partial charge is 0.270 e. The molecule has 2 aromatic rings.